The van der Waals surface area contributed by atoms with E-state index in [1.165, 1.54) is 0 Å². The van der Waals surface area contributed by atoms with Gasteiger partial charge in [0.1, 0.15) is 11.6 Å². The van der Waals surface area contributed by atoms with Crippen molar-refractivity contribution in [2.75, 3.05) is 57.4 Å². The Balaban J connectivity index is 1.22. The quantitative estimate of drug-likeness (QED) is 0.436. The maximum absolute atomic E-state index is 6.79. The molecule has 6 heterocycles. The molecule has 10 nitrogen and oxygen atoms in total. The highest BCUT2D eigenvalue weighted by molar-refractivity contribution is 6.00. The van der Waals surface area contributed by atoms with Crippen LogP contribution in [0.25, 0.3) is 27.7 Å². The molecule has 2 fully saturated rings. The molecule has 2 aliphatic heterocycles. The molecule has 0 saturated carbocycles. The van der Waals surface area contributed by atoms with Crippen LogP contribution >= 0.6 is 0 Å². The number of hydrogen-bond acceptors (Lipinski definition) is 8. The highest BCUT2D eigenvalue weighted by Crippen LogP contribution is 2.34. The van der Waals surface area contributed by atoms with E-state index in [0.29, 0.717) is 6.61 Å². The molecule has 0 bridgehead atoms. The Morgan fingerprint density at radius 2 is 1.97 bits per heavy atom. The lowest BCUT2D eigenvalue weighted by atomic mass is 9.88. The van der Waals surface area contributed by atoms with E-state index in [0.717, 1.165) is 98.0 Å². The molecule has 0 atom stereocenters. The number of fused-ring (bicyclic) bond motifs is 3. The lowest BCUT2D eigenvalue weighted by Gasteiger charge is -2.43. The minimum atomic E-state index is -0.142. The van der Waals surface area contributed by atoms with Crippen molar-refractivity contribution in [1.29, 1.82) is 0 Å². The van der Waals surface area contributed by atoms with Crippen LogP contribution in [-0.2, 0) is 4.74 Å². The molecule has 4 aromatic rings. The standard InChI is InChI=1S/C25H32N8O2/c1-2-35-19-13-20(23-21-15-28-29-24(21)30-33(23)16-19)18-3-4-22(27-14-18)32-7-5-25(26,6-8-32)17-31-9-11-34-12-10-31/h3-4,13-16H,2,5-12,17,26H2,1H3,(H,29,30). The van der Waals surface area contributed by atoms with E-state index >= 15 is 0 Å². The number of nitrogens with zero attached hydrogens (tertiary/aromatic N) is 6. The Hall–Kier alpha value is -3.21. The van der Waals surface area contributed by atoms with Gasteiger partial charge < -0.3 is 20.1 Å². The first-order valence-electron chi connectivity index (χ1n) is 12.4. The predicted molar refractivity (Wildman–Crippen MR) is 135 cm³/mol. The molecule has 0 aliphatic carbocycles. The van der Waals surface area contributed by atoms with Gasteiger partial charge in [0.15, 0.2) is 5.65 Å². The number of nitrogens with one attached hydrogen (secondary N) is 1. The van der Waals surface area contributed by atoms with Gasteiger partial charge in [0.05, 0.1) is 43.1 Å². The van der Waals surface area contributed by atoms with Crippen molar-refractivity contribution in [3.05, 3.63) is 36.8 Å². The smallest absolute Gasteiger partial charge is 0.178 e. The summed E-state index contributed by atoms with van der Waals surface area (Å²) in [5.41, 5.74) is 10.4. The summed E-state index contributed by atoms with van der Waals surface area (Å²) in [5, 5.41) is 12.7. The van der Waals surface area contributed by atoms with Gasteiger partial charge in [0.2, 0.25) is 0 Å². The van der Waals surface area contributed by atoms with Crippen LogP contribution in [-0.4, -0.2) is 87.8 Å². The number of hydrogen-bond donors (Lipinski definition) is 2. The molecule has 0 radical (unpaired) electrons. The number of anilines is 1. The minimum Gasteiger partial charge on any atom is -0.492 e. The van der Waals surface area contributed by atoms with Crippen molar-refractivity contribution in [1.82, 2.24) is 29.7 Å². The molecule has 2 aliphatic rings. The zero-order valence-electron chi connectivity index (χ0n) is 20.1. The van der Waals surface area contributed by atoms with Crippen LogP contribution in [0.5, 0.6) is 5.75 Å². The van der Waals surface area contributed by atoms with E-state index in [-0.39, 0.29) is 5.54 Å². The summed E-state index contributed by atoms with van der Waals surface area (Å²) in [6.45, 7) is 8.91. The molecule has 6 rings (SSSR count). The predicted octanol–water partition coefficient (Wildman–Crippen LogP) is 2.30. The van der Waals surface area contributed by atoms with E-state index in [1.54, 1.807) is 0 Å². The topological polar surface area (TPSA) is 110 Å². The molecule has 4 aromatic heterocycles. The van der Waals surface area contributed by atoms with Gasteiger partial charge in [0, 0.05) is 55.6 Å². The highest BCUT2D eigenvalue weighted by atomic mass is 16.5. The Bertz CT molecular complexity index is 1300. The van der Waals surface area contributed by atoms with Gasteiger partial charge in [-0.05, 0) is 38.0 Å². The number of aromatic amines is 1. The number of aromatic nitrogens is 5. The van der Waals surface area contributed by atoms with Crippen LogP contribution in [0, 0.1) is 0 Å². The van der Waals surface area contributed by atoms with Crippen LogP contribution in [0.1, 0.15) is 19.8 Å². The number of rotatable bonds is 6. The van der Waals surface area contributed by atoms with Crippen LogP contribution in [0.15, 0.2) is 36.8 Å². The second-order valence-electron chi connectivity index (χ2n) is 9.59. The third-order valence-electron chi connectivity index (χ3n) is 7.20. The summed E-state index contributed by atoms with van der Waals surface area (Å²) in [6, 6.07) is 6.29. The van der Waals surface area contributed by atoms with Gasteiger partial charge in [-0.3, -0.25) is 10.00 Å². The van der Waals surface area contributed by atoms with E-state index < -0.39 is 0 Å². The van der Waals surface area contributed by atoms with Crippen molar-refractivity contribution in [2.24, 2.45) is 5.73 Å². The van der Waals surface area contributed by atoms with Gasteiger partial charge in [-0.1, -0.05) is 0 Å². The van der Waals surface area contributed by atoms with Crippen LogP contribution < -0.4 is 15.4 Å². The second-order valence-corrected chi connectivity index (χ2v) is 9.59. The van der Waals surface area contributed by atoms with Gasteiger partial charge in [-0.15, -0.1) is 5.10 Å². The first kappa shape index (κ1) is 22.3. The molecule has 3 N–H and O–H groups in total. The molecule has 2 saturated heterocycles. The number of pyridine rings is 2. The van der Waals surface area contributed by atoms with E-state index in [4.69, 9.17) is 20.2 Å². The SMILES string of the molecule is CCOc1cc(-c2ccc(N3CCC(N)(CN4CCOCC4)CC3)nc2)c2c3cn[nH]c3nn2c1. The maximum atomic E-state index is 6.79. The summed E-state index contributed by atoms with van der Waals surface area (Å²) in [6.07, 6.45) is 7.57. The van der Waals surface area contributed by atoms with Crippen molar-refractivity contribution in [3.8, 4) is 16.9 Å². The Labute approximate surface area is 204 Å². The fraction of sp³-hybridized carbons (Fsp3) is 0.480. The number of piperidine rings is 1. The largest absolute Gasteiger partial charge is 0.492 e. The van der Waals surface area contributed by atoms with E-state index in [1.807, 2.05) is 30.0 Å². The molecule has 10 heteroatoms. The molecular weight excluding hydrogens is 444 g/mol. The average molecular weight is 477 g/mol. The first-order chi connectivity index (χ1) is 17.1. The highest BCUT2D eigenvalue weighted by Gasteiger charge is 2.33. The summed E-state index contributed by atoms with van der Waals surface area (Å²) in [5.74, 6) is 1.76. The Morgan fingerprint density at radius 3 is 2.71 bits per heavy atom. The van der Waals surface area contributed by atoms with Gasteiger partial charge in [0.25, 0.3) is 0 Å². The normalized spacial score (nSPS) is 19.0. The summed E-state index contributed by atoms with van der Waals surface area (Å²) < 4.78 is 13.1. The maximum Gasteiger partial charge on any atom is 0.178 e. The number of morpholine rings is 1. The Morgan fingerprint density at radius 1 is 1.14 bits per heavy atom. The zero-order chi connectivity index (χ0) is 23.8. The average Bonchev–Trinajstić information content (AvgIpc) is 3.46. The third kappa shape index (κ3) is 4.33. The third-order valence-corrected chi connectivity index (χ3v) is 7.20. The van der Waals surface area contributed by atoms with Crippen molar-refractivity contribution in [3.63, 3.8) is 0 Å². The van der Waals surface area contributed by atoms with Gasteiger partial charge >= 0.3 is 0 Å². The van der Waals surface area contributed by atoms with Crippen LogP contribution in [0.4, 0.5) is 5.82 Å². The fourth-order valence-electron chi connectivity index (χ4n) is 5.28. The van der Waals surface area contributed by atoms with Gasteiger partial charge in [-0.25, -0.2) is 9.50 Å². The second kappa shape index (κ2) is 9.10. The minimum absolute atomic E-state index is 0.142. The number of ether oxygens (including phenoxy) is 2. The van der Waals surface area contributed by atoms with E-state index in [9.17, 15) is 0 Å². The van der Waals surface area contributed by atoms with Crippen molar-refractivity contribution in [2.45, 2.75) is 25.3 Å². The molecule has 184 valence electrons. The van der Waals surface area contributed by atoms with Gasteiger partial charge in [-0.2, -0.15) is 5.10 Å². The fourth-order valence-corrected chi connectivity index (χ4v) is 5.28. The van der Waals surface area contributed by atoms with Crippen LogP contribution in [0.2, 0.25) is 0 Å². The number of nitrogens with two attached hydrogens (primary N) is 1. The monoisotopic (exact) mass is 476 g/mol. The Kier molecular flexibility index (Phi) is 5.79. The summed E-state index contributed by atoms with van der Waals surface area (Å²) >= 11 is 0. The van der Waals surface area contributed by atoms with Crippen LogP contribution in [0.3, 0.4) is 0 Å². The molecule has 0 amide bonds. The molecular formula is C25H32N8O2. The molecule has 0 aromatic carbocycles. The zero-order valence-corrected chi connectivity index (χ0v) is 20.1. The first-order valence-corrected chi connectivity index (χ1v) is 12.4. The summed E-state index contributed by atoms with van der Waals surface area (Å²) in [7, 11) is 0. The van der Waals surface area contributed by atoms with E-state index in [2.05, 4.69) is 43.3 Å². The molecule has 35 heavy (non-hydrogen) atoms. The number of H-pyrrole nitrogens is 1. The summed E-state index contributed by atoms with van der Waals surface area (Å²) in [4.78, 5) is 9.62. The van der Waals surface area contributed by atoms with Crippen molar-refractivity contribution < 1.29 is 9.47 Å². The molecule has 0 spiro atoms. The van der Waals surface area contributed by atoms with Crippen molar-refractivity contribution >= 4 is 22.4 Å². The molecule has 0 unspecified atom stereocenters. The lowest BCUT2D eigenvalue weighted by Crippen LogP contribution is -2.58. The lowest BCUT2D eigenvalue weighted by molar-refractivity contribution is 0.0250.